The molecule has 0 aliphatic heterocycles. The van der Waals surface area contributed by atoms with Gasteiger partial charge in [0.05, 0.1) is 80.7 Å². The minimum Gasteiger partial charge on any atom is -0.255 e. The fraction of sp³-hybridized carbons (Fsp3) is 0.165. The van der Waals surface area contributed by atoms with Crippen LogP contribution in [-0.2, 0) is 44.4 Å². The molecule has 2 aromatic carbocycles. The van der Waals surface area contributed by atoms with Gasteiger partial charge < -0.3 is 0 Å². The maximum atomic E-state index is 4.54. The summed E-state index contributed by atoms with van der Waals surface area (Å²) in [6, 6.07) is 71.8. The van der Waals surface area contributed by atoms with Crippen LogP contribution in [0.3, 0.4) is 0 Å². The van der Waals surface area contributed by atoms with Crippen molar-refractivity contribution >= 4 is 0 Å². The minimum absolute atomic E-state index is 0. The molecule has 0 amide bonds. The second-order valence-corrected chi connectivity index (χ2v) is 22.4. The van der Waals surface area contributed by atoms with E-state index in [1.54, 1.807) is 62.0 Å². The van der Waals surface area contributed by atoms with Gasteiger partial charge in [0.15, 0.2) is 0 Å². The Morgan fingerprint density at radius 1 is 0.268 bits per heavy atom. The first-order chi connectivity index (χ1) is 47.1. The van der Waals surface area contributed by atoms with E-state index >= 15 is 0 Å². The van der Waals surface area contributed by atoms with E-state index in [2.05, 4.69) is 121 Å². The van der Waals surface area contributed by atoms with E-state index in [-0.39, 0.29) is 44.4 Å². The van der Waals surface area contributed by atoms with Crippen molar-refractivity contribution in [1.29, 1.82) is 0 Å². The van der Waals surface area contributed by atoms with Gasteiger partial charge in [-0.3, -0.25) is 49.8 Å². The summed E-state index contributed by atoms with van der Waals surface area (Å²) in [5, 5.41) is 18.0. The molecule has 97 heavy (non-hydrogen) atoms. The van der Waals surface area contributed by atoms with Gasteiger partial charge in [0, 0.05) is 106 Å². The molecule has 0 bridgehead atoms. The van der Waals surface area contributed by atoms with Crippen LogP contribution in [-0.4, -0.2) is 79.8 Å². The monoisotopic (exact) mass is 1450 g/mol. The summed E-state index contributed by atoms with van der Waals surface area (Å²) >= 11 is 0. The molecule has 0 atom stereocenters. The van der Waals surface area contributed by atoms with Crippen LogP contribution in [0.5, 0.6) is 0 Å². The third-order valence-corrected chi connectivity index (χ3v) is 16.0. The topological polar surface area (TPSA) is 190 Å². The molecule has 14 aromatic rings. The van der Waals surface area contributed by atoms with Gasteiger partial charge >= 0.3 is 0 Å². The molecular formula is C79H74N16Ru2. The van der Waals surface area contributed by atoms with Crippen molar-refractivity contribution in [3.05, 3.63) is 304 Å². The Morgan fingerprint density at radius 3 is 0.722 bits per heavy atom. The molecular weight excluding hydrogens is 1380 g/mol. The molecule has 18 heteroatoms. The number of unbranched alkanes of at least 4 members (excludes halogenated alkanes) is 6. The van der Waals surface area contributed by atoms with Gasteiger partial charge in [-0.1, -0.05) is 148 Å². The zero-order valence-electron chi connectivity index (χ0n) is 54.1. The number of rotatable bonds is 18. The molecule has 486 valence electrons. The summed E-state index contributed by atoms with van der Waals surface area (Å²) in [6.45, 7) is 4.57. The fourth-order valence-corrected chi connectivity index (χ4v) is 11.3. The van der Waals surface area contributed by atoms with E-state index in [0.29, 0.717) is 0 Å². The Balaban J connectivity index is 0.000000176. The minimum atomic E-state index is -0.104. The summed E-state index contributed by atoms with van der Waals surface area (Å²) in [5.41, 5.74) is 17.9. The van der Waals surface area contributed by atoms with E-state index < -0.39 is 0 Å². The van der Waals surface area contributed by atoms with Crippen molar-refractivity contribution in [3.63, 3.8) is 0 Å². The third kappa shape index (κ3) is 19.3. The molecule has 0 spiro atoms. The Hall–Kier alpha value is -10.5. The second kappa shape index (κ2) is 37.5. The molecule has 0 N–H and O–H groups in total. The average molecular weight is 1450 g/mol. The number of nitrogens with zero attached hydrogens (tertiary/aromatic N) is 16. The van der Waals surface area contributed by atoms with Gasteiger partial charge in [-0.2, -0.15) is 0 Å². The van der Waals surface area contributed by atoms with Gasteiger partial charge in [-0.15, -0.1) is 10.2 Å². The van der Waals surface area contributed by atoms with Crippen molar-refractivity contribution in [2.45, 2.75) is 83.5 Å². The van der Waals surface area contributed by atoms with Crippen LogP contribution < -0.4 is 0 Å². The first kappa shape index (κ1) is 70.8. The van der Waals surface area contributed by atoms with E-state index in [1.165, 1.54) is 73.6 Å². The van der Waals surface area contributed by atoms with Gasteiger partial charge in [-0.25, -0.2) is 9.36 Å². The Morgan fingerprint density at radius 2 is 0.505 bits per heavy atom. The van der Waals surface area contributed by atoms with E-state index in [4.69, 9.17) is 0 Å². The van der Waals surface area contributed by atoms with Crippen molar-refractivity contribution in [2.24, 2.45) is 0 Å². The largest absolute Gasteiger partial charge is 0.255 e. The van der Waals surface area contributed by atoms with Gasteiger partial charge in [0.1, 0.15) is 11.4 Å². The number of fused-ring (bicyclic) bond motifs is 3. The Kier molecular flexibility index (Phi) is 27.4. The molecule has 0 unspecified atom stereocenters. The molecule has 1 aliphatic rings. The first-order valence-electron chi connectivity index (χ1n) is 32.3. The fourth-order valence-electron chi connectivity index (χ4n) is 11.3. The van der Waals surface area contributed by atoms with E-state index in [9.17, 15) is 0 Å². The second-order valence-electron chi connectivity index (χ2n) is 22.4. The quantitative estimate of drug-likeness (QED) is 0.0582. The smallest absolute Gasteiger partial charge is 0.131 e. The number of aromatic nitrogens is 16. The predicted octanol–water partition coefficient (Wildman–Crippen LogP) is 17.7. The molecule has 1 aliphatic carbocycles. The van der Waals surface area contributed by atoms with Gasteiger partial charge in [-0.05, 0) is 181 Å². The van der Waals surface area contributed by atoms with Crippen LogP contribution in [0.2, 0.25) is 0 Å². The summed E-state index contributed by atoms with van der Waals surface area (Å²) in [4.78, 5) is 42.5. The molecule has 12 aromatic heterocycles. The normalized spacial score (nSPS) is 11.1. The first-order valence-corrected chi connectivity index (χ1v) is 32.3. The molecule has 0 fully saturated rings. The van der Waals surface area contributed by atoms with Gasteiger partial charge in [0.2, 0.25) is 0 Å². The molecule has 15 rings (SSSR count). The van der Waals surface area contributed by atoms with Gasteiger partial charge in [0.25, 0.3) is 0 Å². The van der Waals surface area contributed by atoms with Crippen LogP contribution in [0.15, 0.2) is 293 Å². The zero-order chi connectivity index (χ0) is 65.0. The van der Waals surface area contributed by atoms with Crippen LogP contribution in [0.1, 0.15) is 89.2 Å². The van der Waals surface area contributed by atoms with Crippen molar-refractivity contribution in [3.8, 4) is 90.8 Å². The van der Waals surface area contributed by atoms with Crippen LogP contribution in [0.25, 0.3) is 90.8 Å². The molecule has 16 nitrogen and oxygen atoms in total. The van der Waals surface area contributed by atoms with Crippen molar-refractivity contribution in [1.82, 2.24) is 79.8 Å². The summed E-state index contributed by atoms with van der Waals surface area (Å²) in [7, 11) is 0. The molecule has 0 saturated heterocycles. The van der Waals surface area contributed by atoms with Crippen molar-refractivity contribution < 1.29 is 39.0 Å². The standard InChI is InChI=1S/C39H42N8.4C10H8N2.2Ru/c1-3-5-7-11-21-39(22-12-8-6-4-2)33-25-29(46-27-37(42-44-46)35-15-9-13-23-40-35)17-19-31(33)32-20-18-30(26-34(32)39)47-28-38(43-45-47)36-16-10-14-24-41-36;4*1-3-7-11-9(5-1)10-6-2-4-8-12-10;;/h9-10,13-20,23-28H,3-8,11-12,21-22H2,1-2H3;4*1-8H;;. The molecule has 0 saturated carbocycles. The number of benzene rings is 2. The molecule has 12 heterocycles. The third-order valence-electron chi connectivity index (χ3n) is 16.0. The number of pyridine rings is 10. The summed E-state index contributed by atoms with van der Waals surface area (Å²) in [5.74, 6) is 0. The van der Waals surface area contributed by atoms with Crippen LogP contribution >= 0.6 is 0 Å². The van der Waals surface area contributed by atoms with Crippen molar-refractivity contribution in [2.75, 3.05) is 0 Å². The molecule has 0 radical (unpaired) electrons. The Labute approximate surface area is 592 Å². The maximum Gasteiger partial charge on any atom is 0.131 e. The van der Waals surface area contributed by atoms with Crippen LogP contribution in [0, 0.1) is 0 Å². The predicted molar refractivity (Wildman–Crippen MR) is 376 cm³/mol. The SMILES string of the molecule is CCCCCCC1(CCCCCC)c2cc(-n3cc(-c4ccccn4)nn3)ccc2-c2ccc(-n3cc(-c4ccccn4)nn3)cc21.[Ru].[Ru].c1ccc(-c2ccccn2)nc1.c1ccc(-c2ccccn2)nc1.c1ccc(-c2ccccn2)nc1.c1ccc(-c2ccccn2)nc1. The van der Waals surface area contributed by atoms with Crippen LogP contribution in [0.4, 0.5) is 0 Å². The maximum absolute atomic E-state index is 4.54. The van der Waals surface area contributed by atoms with E-state index in [0.717, 1.165) is 92.5 Å². The summed E-state index contributed by atoms with van der Waals surface area (Å²) < 4.78 is 3.79. The number of hydrogen-bond acceptors (Lipinski definition) is 14. The Bertz CT molecular complexity index is 3900. The number of hydrogen-bond donors (Lipinski definition) is 0. The van der Waals surface area contributed by atoms with E-state index in [1.807, 2.05) is 204 Å². The zero-order valence-corrected chi connectivity index (χ0v) is 57.6. The average Bonchev–Trinajstić information content (AvgIpc) is 1.56. The summed E-state index contributed by atoms with van der Waals surface area (Å²) in [6.07, 6.45) is 33.7.